The van der Waals surface area contributed by atoms with Crippen LogP contribution in [0.5, 0.6) is 5.75 Å². The van der Waals surface area contributed by atoms with Crippen LogP contribution in [-0.2, 0) is 20.9 Å². The van der Waals surface area contributed by atoms with Crippen molar-refractivity contribution in [2.24, 2.45) is 5.73 Å². The monoisotopic (exact) mass is 406 g/mol. The van der Waals surface area contributed by atoms with Crippen LogP contribution in [0, 0.1) is 0 Å². The predicted octanol–water partition coefficient (Wildman–Crippen LogP) is 1.48. The number of hydrogen-bond donors (Lipinski definition) is 1. The first-order valence-electron chi connectivity index (χ1n) is 9.00. The Hall–Kier alpha value is -2.58. The molecule has 2 N–H and O–H groups in total. The molecule has 1 aliphatic heterocycles. The van der Waals surface area contributed by atoms with Crippen LogP contribution < -0.4 is 10.5 Å². The molecule has 2 heterocycles. The molecule has 1 aromatic heterocycles. The van der Waals surface area contributed by atoms with Crippen LogP contribution in [0.2, 0.25) is 5.02 Å². The smallest absolute Gasteiger partial charge is 0.224 e. The van der Waals surface area contributed by atoms with Gasteiger partial charge in [-0.2, -0.15) is 0 Å². The van der Waals surface area contributed by atoms with Gasteiger partial charge in [0.05, 0.1) is 25.9 Å². The number of primary amides is 1. The molecule has 1 atom stereocenters. The third kappa shape index (κ3) is 5.46. The second-order valence-corrected chi connectivity index (χ2v) is 7.22. The summed E-state index contributed by atoms with van der Waals surface area (Å²) in [7, 11) is 0. The Morgan fingerprint density at radius 1 is 1.32 bits per heavy atom. The van der Waals surface area contributed by atoms with Crippen molar-refractivity contribution in [3.8, 4) is 5.75 Å². The molecule has 9 heteroatoms. The van der Waals surface area contributed by atoms with Crippen LogP contribution >= 0.6 is 11.6 Å². The van der Waals surface area contributed by atoms with Gasteiger partial charge in [0.2, 0.25) is 11.8 Å². The van der Waals surface area contributed by atoms with Gasteiger partial charge in [-0.05, 0) is 24.3 Å². The molecule has 28 heavy (non-hydrogen) atoms. The Bertz CT molecular complexity index is 797. The van der Waals surface area contributed by atoms with Crippen molar-refractivity contribution in [3.63, 3.8) is 0 Å². The van der Waals surface area contributed by atoms with Gasteiger partial charge in [-0.15, -0.1) is 0 Å². The van der Waals surface area contributed by atoms with Gasteiger partial charge in [0.15, 0.2) is 0 Å². The summed E-state index contributed by atoms with van der Waals surface area (Å²) in [5.41, 5.74) is 4.46. The SMILES string of the molecule is NC(=O)C[C@]1(COc2ccc(Cl)cc2)CN(C(=O)CCn2ccnc2)CCO1. The van der Waals surface area contributed by atoms with E-state index >= 15 is 0 Å². The van der Waals surface area contributed by atoms with E-state index in [0.717, 1.165) is 0 Å². The summed E-state index contributed by atoms with van der Waals surface area (Å²) in [6.45, 7) is 1.66. The Labute approximate surface area is 168 Å². The molecule has 3 rings (SSSR count). The van der Waals surface area contributed by atoms with E-state index in [9.17, 15) is 9.59 Å². The molecule has 1 fully saturated rings. The highest BCUT2D eigenvalue weighted by Crippen LogP contribution is 2.25. The molecule has 8 nitrogen and oxygen atoms in total. The molecule has 0 saturated carbocycles. The lowest BCUT2D eigenvalue weighted by atomic mass is 9.97. The first-order valence-corrected chi connectivity index (χ1v) is 9.38. The average molecular weight is 407 g/mol. The number of nitrogens with two attached hydrogens (primary N) is 1. The van der Waals surface area contributed by atoms with E-state index in [4.69, 9.17) is 26.8 Å². The van der Waals surface area contributed by atoms with Gasteiger partial charge in [0.25, 0.3) is 0 Å². The Morgan fingerprint density at radius 2 is 2.11 bits per heavy atom. The van der Waals surface area contributed by atoms with Crippen molar-refractivity contribution in [2.75, 3.05) is 26.3 Å². The van der Waals surface area contributed by atoms with Crippen molar-refractivity contribution in [2.45, 2.75) is 25.0 Å². The maximum atomic E-state index is 12.6. The summed E-state index contributed by atoms with van der Waals surface area (Å²) in [6.07, 6.45) is 5.45. The zero-order valence-electron chi connectivity index (χ0n) is 15.4. The third-order valence-electron chi connectivity index (χ3n) is 4.56. The number of carbonyl (C=O) groups excluding carboxylic acids is 2. The summed E-state index contributed by atoms with van der Waals surface area (Å²) < 4.78 is 13.5. The maximum Gasteiger partial charge on any atom is 0.224 e. The first kappa shape index (κ1) is 20.2. The van der Waals surface area contributed by atoms with E-state index in [1.807, 2.05) is 10.8 Å². The van der Waals surface area contributed by atoms with Crippen LogP contribution in [0.15, 0.2) is 43.0 Å². The van der Waals surface area contributed by atoms with Gasteiger partial charge in [-0.25, -0.2) is 4.98 Å². The van der Waals surface area contributed by atoms with E-state index in [2.05, 4.69) is 4.98 Å². The van der Waals surface area contributed by atoms with Gasteiger partial charge in [0, 0.05) is 36.9 Å². The zero-order chi connectivity index (χ0) is 20.0. The van der Waals surface area contributed by atoms with E-state index in [-0.39, 0.29) is 25.5 Å². The molecule has 150 valence electrons. The van der Waals surface area contributed by atoms with Crippen molar-refractivity contribution in [1.29, 1.82) is 0 Å². The number of rotatable bonds is 8. The predicted molar refractivity (Wildman–Crippen MR) is 103 cm³/mol. The third-order valence-corrected chi connectivity index (χ3v) is 4.81. The lowest BCUT2D eigenvalue weighted by molar-refractivity contribution is -0.161. The first-order chi connectivity index (χ1) is 13.5. The minimum atomic E-state index is -0.978. The van der Waals surface area contributed by atoms with E-state index in [0.29, 0.717) is 36.9 Å². The number of aryl methyl sites for hydroxylation is 1. The lowest BCUT2D eigenvalue weighted by Crippen LogP contribution is -2.58. The number of aromatic nitrogens is 2. The minimum Gasteiger partial charge on any atom is -0.490 e. The van der Waals surface area contributed by atoms with Crippen molar-refractivity contribution < 1.29 is 19.1 Å². The number of carbonyl (C=O) groups is 2. The Kier molecular flexibility index (Phi) is 6.53. The summed E-state index contributed by atoms with van der Waals surface area (Å²) in [6, 6.07) is 6.89. The maximum absolute atomic E-state index is 12.6. The van der Waals surface area contributed by atoms with Gasteiger partial charge < -0.3 is 24.7 Å². The lowest BCUT2D eigenvalue weighted by Gasteiger charge is -2.42. The number of imidazole rings is 1. The Morgan fingerprint density at radius 3 is 2.79 bits per heavy atom. The zero-order valence-corrected chi connectivity index (χ0v) is 16.2. The molecule has 1 saturated heterocycles. The quantitative estimate of drug-likeness (QED) is 0.715. The fourth-order valence-corrected chi connectivity index (χ4v) is 3.29. The van der Waals surface area contributed by atoms with Gasteiger partial charge in [0.1, 0.15) is 18.0 Å². The number of ether oxygens (including phenoxy) is 2. The highest BCUT2D eigenvalue weighted by atomic mass is 35.5. The van der Waals surface area contributed by atoms with Crippen LogP contribution in [0.4, 0.5) is 0 Å². The van der Waals surface area contributed by atoms with Crippen molar-refractivity contribution in [1.82, 2.24) is 14.5 Å². The van der Waals surface area contributed by atoms with Crippen LogP contribution in [0.3, 0.4) is 0 Å². The molecular weight excluding hydrogens is 384 g/mol. The molecule has 2 aromatic rings. The standard InChI is InChI=1S/C19H23ClN4O4/c20-15-1-3-16(4-2-15)27-13-19(11-17(21)25)12-24(9-10-28-19)18(26)5-7-23-8-6-22-14-23/h1-4,6,8,14H,5,7,9-13H2,(H2,21,25)/t19-/m1/s1. The van der Waals surface area contributed by atoms with Crippen LogP contribution in [0.1, 0.15) is 12.8 Å². The molecule has 0 radical (unpaired) electrons. The fraction of sp³-hybridized carbons (Fsp3) is 0.421. The topological polar surface area (TPSA) is 99.7 Å². The summed E-state index contributed by atoms with van der Waals surface area (Å²) in [5, 5.41) is 0.600. The van der Waals surface area contributed by atoms with Crippen LogP contribution in [0.25, 0.3) is 0 Å². The fourth-order valence-electron chi connectivity index (χ4n) is 3.17. The average Bonchev–Trinajstić information content (AvgIpc) is 3.19. The highest BCUT2D eigenvalue weighted by Gasteiger charge is 2.40. The van der Waals surface area contributed by atoms with Gasteiger partial charge in [-0.3, -0.25) is 9.59 Å². The summed E-state index contributed by atoms with van der Waals surface area (Å²) >= 11 is 5.89. The number of nitrogens with zero attached hydrogens (tertiary/aromatic N) is 3. The largest absolute Gasteiger partial charge is 0.490 e. The van der Waals surface area contributed by atoms with E-state index in [1.54, 1.807) is 41.7 Å². The molecule has 0 aliphatic carbocycles. The summed E-state index contributed by atoms with van der Waals surface area (Å²) in [5.74, 6) is 0.0742. The normalized spacial score (nSPS) is 19.4. The Balaban J connectivity index is 1.64. The number of hydrogen-bond acceptors (Lipinski definition) is 5. The minimum absolute atomic E-state index is 0.0164. The molecule has 0 bridgehead atoms. The molecule has 0 spiro atoms. The number of amides is 2. The summed E-state index contributed by atoms with van der Waals surface area (Å²) in [4.78, 5) is 30.0. The second kappa shape index (κ2) is 9.07. The number of halogens is 1. The molecular formula is C19H23ClN4O4. The highest BCUT2D eigenvalue weighted by molar-refractivity contribution is 6.30. The van der Waals surface area contributed by atoms with Crippen LogP contribution in [-0.4, -0.2) is 58.2 Å². The number of benzene rings is 1. The van der Waals surface area contributed by atoms with E-state index in [1.165, 1.54) is 0 Å². The van der Waals surface area contributed by atoms with Gasteiger partial charge >= 0.3 is 0 Å². The second-order valence-electron chi connectivity index (χ2n) is 6.78. The number of morpholine rings is 1. The molecule has 0 unspecified atom stereocenters. The van der Waals surface area contributed by atoms with E-state index < -0.39 is 11.5 Å². The molecule has 1 aromatic carbocycles. The van der Waals surface area contributed by atoms with Crippen molar-refractivity contribution >= 4 is 23.4 Å². The molecule has 2 amide bonds. The van der Waals surface area contributed by atoms with Gasteiger partial charge in [-0.1, -0.05) is 11.6 Å². The van der Waals surface area contributed by atoms with Crippen molar-refractivity contribution in [3.05, 3.63) is 48.0 Å². The molecule has 1 aliphatic rings.